The first kappa shape index (κ1) is 14.8. The van der Waals surface area contributed by atoms with Crippen molar-refractivity contribution in [3.8, 4) is 0 Å². The largest absolute Gasteiger partial charge is 0.466 e. The summed E-state index contributed by atoms with van der Waals surface area (Å²) in [5.41, 5.74) is -0.287. The van der Waals surface area contributed by atoms with Gasteiger partial charge < -0.3 is 9.84 Å². The Morgan fingerprint density at radius 1 is 1.67 bits per heavy atom. The Hall–Kier alpha value is -1.21. The molecule has 1 aromatic heterocycles. The van der Waals surface area contributed by atoms with E-state index in [1.807, 2.05) is 0 Å². The van der Waals surface area contributed by atoms with Crippen LogP contribution < -0.4 is 5.56 Å². The summed E-state index contributed by atoms with van der Waals surface area (Å²) in [7, 11) is 0. The zero-order valence-corrected chi connectivity index (χ0v) is 11.8. The minimum absolute atomic E-state index is 0.00984. The molecule has 0 saturated carbocycles. The van der Waals surface area contributed by atoms with Crippen molar-refractivity contribution < 1.29 is 14.6 Å². The van der Waals surface area contributed by atoms with E-state index in [4.69, 9.17) is 4.74 Å². The minimum Gasteiger partial charge on any atom is -0.466 e. The van der Waals surface area contributed by atoms with Crippen molar-refractivity contribution in [3.63, 3.8) is 0 Å². The van der Waals surface area contributed by atoms with Gasteiger partial charge in [0.2, 0.25) is 0 Å². The molecule has 1 unspecified atom stereocenters. The van der Waals surface area contributed by atoms with Gasteiger partial charge in [0, 0.05) is 6.20 Å². The summed E-state index contributed by atoms with van der Waals surface area (Å²) in [5, 5.41) is 9.74. The molecule has 1 N–H and O–H groups in total. The Balaban J connectivity index is 2.76. The molecule has 1 heterocycles. The van der Waals surface area contributed by atoms with Gasteiger partial charge in [-0.25, -0.2) is 4.98 Å². The van der Waals surface area contributed by atoms with Gasteiger partial charge in [-0.3, -0.25) is 14.2 Å². The fraction of sp³-hybridized carbons (Fsp3) is 0.545. The summed E-state index contributed by atoms with van der Waals surface area (Å²) >= 11 is 3.08. The molecule has 0 amide bonds. The number of carbonyl (C=O) groups excluding carboxylic acids is 1. The number of hydrogen-bond acceptors (Lipinski definition) is 5. The van der Waals surface area contributed by atoms with E-state index >= 15 is 0 Å². The van der Waals surface area contributed by atoms with Gasteiger partial charge >= 0.3 is 5.97 Å². The van der Waals surface area contributed by atoms with Crippen molar-refractivity contribution in [2.45, 2.75) is 32.9 Å². The Morgan fingerprint density at radius 3 is 2.94 bits per heavy atom. The number of aromatic nitrogens is 2. The Labute approximate surface area is 113 Å². The average Bonchev–Trinajstić information content (AvgIpc) is 2.30. The molecule has 0 aliphatic heterocycles. The monoisotopic (exact) mass is 318 g/mol. The normalized spacial score (nSPS) is 12.2. The minimum atomic E-state index is -0.975. The Morgan fingerprint density at radius 2 is 2.33 bits per heavy atom. The number of aryl methyl sites for hydroxylation is 1. The summed E-state index contributed by atoms with van der Waals surface area (Å²) in [5.74, 6) is -0.00948. The molecule has 1 aromatic rings. The molecule has 1 atom stereocenters. The van der Waals surface area contributed by atoms with Crippen molar-refractivity contribution in [1.29, 1.82) is 0 Å². The molecule has 6 nitrogen and oxygen atoms in total. The summed E-state index contributed by atoms with van der Waals surface area (Å²) in [4.78, 5) is 27.0. The van der Waals surface area contributed by atoms with Crippen LogP contribution in [-0.4, -0.2) is 33.3 Å². The summed E-state index contributed by atoms with van der Waals surface area (Å²) in [6.45, 7) is 3.63. The van der Waals surface area contributed by atoms with Crippen LogP contribution in [0.1, 0.15) is 19.2 Å². The second-order valence-corrected chi connectivity index (χ2v) is 4.59. The molecular formula is C11H15BrN2O4. The van der Waals surface area contributed by atoms with E-state index in [1.165, 1.54) is 10.8 Å². The van der Waals surface area contributed by atoms with Crippen LogP contribution in [0.3, 0.4) is 0 Å². The highest BCUT2D eigenvalue weighted by Crippen LogP contribution is 2.04. The third kappa shape index (κ3) is 3.92. The van der Waals surface area contributed by atoms with Crippen molar-refractivity contribution in [1.82, 2.24) is 9.55 Å². The van der Waals surface area contributed by atoms with Gasteiger partial charge in [0.05, 0.1) is 25.7 Å². The second kappa shape index (κ2) is 6.65. The van der Waals surface area contributed by atoms with E-state index < -0.39 is 12.1 Å². The second-order valence-electron chi connectivity index (χ2n) is 3.73. The van der Waals surface area contributed by atoms with Crippen molar-refractivity contribution in [2.24, 2.45) is 0 Å². The number of rotatable bonds is 5. The van der Waals surface area contributed by atoms with Crippen LogP contribution in [0.2, 0.25) is 0 Å². The summed E-state index contributed by atoms with van der Waals surface area (Å²) in [6.07, 6.45) is 0.287. The van der Waals surface area contributed by atoms with Gasteiger partial charge in [-0.2, -0.15) is 0 Å². The van der Waals surface area contributed by atoms with E-state index in [1.54, 1.807) is 13.8 Å². The van der Waals surface area contributed by atoms with Crippen LogP contribution in [0.25, 0.3) is 0 Å². The fourth-order valence-electron chi connectivity index (χ4n) is 1.45. The Kier molecular flexibility index (Phi) is 5.49. The number of nitrogens with zero attached hydrogens (tertiary/aromatic N) is 2. The topological polar surface area (TPSA) is 81.4 Å². The first-order chi connectivity index (χ1) is 8.45. The molecular weight excluding hydrogens is 304 g/mol. The number of hydrogen-bond donors (Lipinski definition) is 1. The predicted molar refractivity (Wildman–Crippen MR) is 68.2 cm³/mol. The Bertz CT molecular complexity index is 486. The van der Waals surface area contributed by atoms with Crippen LogP contribution in [0.5, 0.6) is 0 Å². The SMILES string of the molecule is CCOC(=O)CC(O)Cn1c(C)ncc(Br)c1=O. The lowest BCUT2D eigenvalue weighted by molar-refractivity contribution is -0.145. The first-order valence-electron chi connectivity index (χ1n) is 5.51. The number of esters is 1. The van der Waals surface area contributed by atoms with Gasteiger partial charge in [0.1, 0.15) is 10.3 Å². The third-order valence-electron chi connectivity index (χ3n) is 2.31. The van der Waals surface area contributed by atoms with Gasteiger partial charge in [-0.15, -0.1) is 0 Å². The standard InChI is InChI=1S/C11H15BrN2O4/c1-3-18-10(16)4-8(15)6-14-7(2)13-5-9(12)11(14)17/h5,8,15H,3-4,6H2,1-2H3. The number of halogens is 1. The molecule has 0 spiro atoms. The zero-order valence-electron chi connectivity index (χ0n) is 10.2. The molecule has 100 valence electrons. The summed E-state index contributed by atoms with van der Waals surface area (Å²) in [6, 6.07) is 0. The van der Waals surface area contributed by atoms with Gasteiger partial charge in [0.25, 0.3) is 5.56 Å². The quantitative estimate of drug-likeness (QED) is 0.805. The number of aliphatic hydroxyl groups excluding tert-OH is 1. The van der Waals surface area contributed by atoms with Crippen LogP contribution in [-0.2, 0) is 16.1 Å². The van der Waals surface area contributed by atoms with Crippen molar-refractivity contribution >= 4 is 21.9 Å². The zero-order chi connectivity index (χ0) is 13.7. The van der Waals surface area contributed by atoms with Gasteiger partial charge in [-0.05, 0) is 29.8 Å². The molecule has 0 aliphatic carbocycles. The lowest BCUT2D eigenvalue weighted by Gasteiger charge is -2.14. The lowest BCUT2D eigenvalue weighted by atomic mass is 10.2. The van der Waals surface area contributed by atoms with Crippen LogP contribution >= 0.6 is 15.9 Å². The highest BCUT2D eigenvalue weighted by molar-refractivity contribution is 9.10. The van der Waals surface area contributed by atoms with Crippen molar-refractivity contribution in [3.05, 3.63) is 26.8 Å². The van der Waals surface area contributed by atoms with Crippen LogP contribution in [0, 0.1) is 6.92 Å². The number of carbonyl (C=O) groups is 1. The van der Waals surface area contributed by atoms with Gasteiger partial charge in [0.15, 0.2) is 0 Å². The smallest absolute Gasteiger partial charge is 0.308 e. The van der Waals surface area contributed by atoms with Gasteiger partial charge in [-0.1, -0.05) is 0 Å². The average molecular weight is 319 g/mol. The molecule has 0 saturated heterocycles. The van der Waals surface area contributed by atoms with E-state index in [0.717, 1.165) is 0 Å². The van der Waals surface area contributed by atoms with E-state index in [-0.39, 0.29) is 25.1 Å². The maximum atomic E-state index is 11.8. The van der Waals surface area contributed by atoms with E-state index in [2.05, 4.69) is 20.9 Å². The molecule has 0 radical (unpaired) electrons. The predicted octanol–water partition coefficient (Wildman–Crippen LogP) is 0.628. The fourth-order valence-corrected chi connectivity index (χ4v) is 1.77. The van der Waals surface area contributed by atoms with Crippen LogP contribution in [0.15, 0.2) is 15.5 Å². The molecule has 7 heteroatoms. The number of aliphatic hydroxyl groups is 1. The molecule has 0 fully saturated rings. The first-order valence-corrected chi connectivity index (χ1v) is 6.30. The number of ether oxygens (including phenoxy) is 1. The highest BCUT2D eigenvalue weighted by atomic mass is 79.9. The molecule has 18 heavy (non-hydrogen) atoms. The summed E-state index contributed by atoms with van der Waals surface area (Å²) < 4.78 is 6.35. The third-order valence-corrected chi connectivity index (χ3v) is 2.85. The molecule has 0 aliphatic rings. The van der Waals surface area contributed by atoms with E-state index in [0.29, 0.717) is 10.3 Å². The maximum absolute atomic E-state index is 11.8. The van der Waals surface area contributed by atoms with Crippen molar-refractivity contribution in [2.75, 3.05) is 6.61 Å². The van der Waals surface area contributed by atoms with Crippen LogP contribution in [0.4, 0.5) is 0 Å². The lowest BCUT2D eigenvalue weighted by Crippen LogP contribution is -2.31. The molecule has 0 bridgehead atoms. The molecule has 0 aromatic carbocycles. The molecule has 1 rings (SSSR count). The maximum Gasteiger partial charge on any atom is 0.308 e. The van der Waals surface area contributed by atoms with E-state index in [9.17, 15) is 14.7 Å². The highest BCUT2D eigenvalue weighted by Gasteiger charge is 2.15.